The van der Waals surface area contributed by atoms with Crippen LogP contribution >= 0.6 is 11.8 Å². The molecule has 0 radical (unpaired) electrons. The molecule has 4 heterocycles. The molecule has 3 unspecified atom stereocenters. The van der Waals surface area contributed by atoms with Gasteiger partial charge in [-0.05, 0) is 36.8 Å². The molecule has 0 aromatic heterocycles. The molecule has 41 heavy (non-hydrogen) atoms. The molecule has 4 aliphatic heterocycles. The number of ether oxygens (including phenoxy) is 3. The largest absolute Gasteiger partial charge is 0.489 e. The normalized spacial score (nSPS) is 23.4. The summed E-state index contributed by atoms with van der Waals surface area (Å²) in [7, 11) is 0. The van der Waals surface area contributed by atoms with Crippen LogP contribution in [-0.2, 0) is 24.7 Å². The molecule has 3 atom stereocenters. The summed E-state index contributed by atoms with van der Waals surface area (Å²) in [5, 5.41) is 11.9. The van der Waals surface area contributed by atoms with Crippen LogP contribution in [0.25, 0.3) is 0 Å². The second-order valence-electron chi connectivity index (χ2n) is 10.1. The molecule has 4 aliphatic rings. The van der Waals surface area contributed by atoms with Crippen LogP contribution in [0, 0.1) is 6.92 Å². The molecule has 206 valence electrons. The fourth-order valence-electron chi connectivity index (χ4n) is 5.91. The van der Waals surface area contributed by atoms with Crippen molar-refractivity contribution in [3.63, 3.8) is 0 Å². The Morgan fingerprint density at radius 2 is 1.88 bits per heavy atom. The van der Waals surface area contributed by atoms with E-state index in [0.717, 1.165) is 11.1 Å². The maximum Gasteiger partial charge on any atom is 0.352 e. The number of aryl methyl sites for hydroxylation is 1. The second kappa shape index (κ2) is 9.13. The predicted octanol–water partition coefficient (Wildman–Crippen LogP) is 3.31. The van der Waals surface area contributed by atoms with Crippen molar-refractivity contribution >= 4 is 36.0 Å². The van der Waals surface area contributed by atoms with Gasteiger partial charge in [0.25, 0.3) is 5.91 Å². The molecule has 0 aliphatic carbocycles. The first-order valence-corrected chi connectivity index (χ1v) is 13.9. The number of hydrogen-bond acceptors (Lipinski definition) is 8. The lowest BCUT2D eigenvalue weighted by molar-refractivity contribution is -0.149. The van der Waals surface area contributed by atoms with Gasteiger partial charge in [0.1, 0.15) is 41.0 Å². The van der Waals surface area contributed by atoms with Gasteiger partial charge < -0.3 is 24.6 Å². The van der Waals surface area contributed by atoms with Gasteiger partial charge in [0, 0.05) is 34.1 Å². The quantitative estimate of drug-likeness (QED) is 0.260. The maximum atomic E-state index is 13.0. The number of rotatable bonds is 6. The third kappa shape index (κ3) is 3.58. The highest BCUT2D eigenvalue weighted by molar-refractivity contribution is 8.00. The number of β-lactam (4-membered cyclic amide) rings is 1. The summed E-state index contributed by atoms with van der Waals surface area (Å²) < 4.78 is 18.5. The average molecular weight is 571 g/mol. The molecule has 3 aromatic carbocycles. The van der Waals surface area contributed by atoms with E-state index in [0.29, 0.717) is 51.7 Å². The van der Waals surface area contributed by atoms with Crippen LogP contribution in [-0.4, -0.2) is 58.0 Å². The first-order valence-electron chi connectivity index (χ1n) is 12.8. The summed E-state index contributed by atoms with van der Waals surface area (Å²) in [5.74, 6) is -0.416. The van der Waals surface area contributed by atoms with Crippen molar-refractivity contribution in [1.29, 1.82) is 0 Å². The van der Waals surface area contributed by atoms with Crippen LogP contribution in [0.2, 0.25) is 0 Å². The minimum absolute atomic E-state index is 0.0750. The van der Waals surface area contributed by atoms with Crippen LogP contribution < -0.4 is 14.8 Å². The lowest BCUT2D eigenvalue weighted by atomic mass is 9.77. The number of carbonyl (C=O) groups excluding carboxylic acids is 3. The van der Waals surface area contributed by atoms with Crippen molar-refractivity contribution in [1.82, 2.24) is 10.2 Å². The molecule has 1 fully saturated rings. The molecule has 1 spiro atoms. The molecule has 0 saturated carbocycles. The molecule has 0 bridgehead atoms. The fraction of sp³-hybridized carbons (Fsp3) is 0.200. The number of nitrogens with one attached hydrogen (secondary N) is 1. The topological polar surface area (TPSA) is 131 Å². The molecule has 2 amide bonds. The smallest absolute Gasteiger partial charge is 0.352 e. The highest BCUT2D eigenvalue weighted by Gasteiger charge is 2.54. The van der Waals surface area contributed by atoms with E-state index in [2.05, 4.69) is 5.32 Å². The van der Waals surface area contributed by atoms with E-state index >= 15 is 0 Å². The standard InChI is InChI=1S/C30H22N2O8S/c1-15-6-8-20-22(10-15)39-23-11-17(7-9-21(23)30(20)19-5-3-2-4-18(19)29(37)40-30)38-12-16-13-41-27-24(31-14-33)26(34)32(27)25(16)28(35)36/h2-11,14,24,27H,12-13H2,1H3,(H,31,33)(H,35,36). The molecule has 7 rings (SSSR count). The van der Waals surface area contributed by atoms with Gasteiger partial charge in [-0.25, -0.2) is 9.59 Å². The van der Waals surface area contributed by atoms with Gasteiger partial charge in [-0.2, -0.15) is 0 Å². The number of fused-ring (bicyclic) bond motifs is 7. The van der Waals surface area contributed by atoms with E-state index < -0.39 is 34.9 Å². The number of carbonyl (C=O) groups is 4. The van der Waals surface area contributed by atoms with E-state index in [9.17, 15) is 24.3 Å². The number of aliphatic carboxylic acids is 1. The van der Waals surface area contributed by atoms with Gasteiger partial charge in [0.15, 0.2) is 5.60 Å². The minimum atomic E-state index is -1.24. The fourth-order valence-corrected chi connectivity index (χ4v) is 7.25. The van der Waals surface area contributed by atoms with Crippen LogP contribution in [0.15, 0.2) is 71.9 Å². The summed E-state index contributed by atoms with van der Waals surface area (Å²) in [6.07, 6.45) is 0.441. The summed E-state index contributed by atoms with van der Waals surface area (Å²) in [5.41, 5.74) is 2.65. The van der Waals surface area contributed by atoms with E-state index in [1.165, 1.54) is 16.7 Å². The number of hydrogen-bond donors (Lipinski definition) is 2. The molecule has 10 nitrogen and oxygen atoms in total. The molecule has 3 aromatic rings. The SMILES string of the molecule is Cc1ccc2c(c1)Oc1cc(OCC3=C(C(=O)O)N4C(=O)C(NC=O)C4SC3)ccc1C21OC(=O)c2ccccc21. The number of thioether (sulfide) groups is 1. The van der Waals surface area contributed by atoms with Crippen LogP contribution in [0.4, 0.5) is 0 Å². The Bertz CT molecular complexity index is 1720. The number of nitrogens with zero attached hydrogens (tertiary/aromatic N) is 1. The highest BCUT2D eigenvalue weighted by atomic mass is 32.2. The van der Waals surface area contributed by atoms with Crippen molar-refractivity contribution in [3.8, 4) is 17.2 Å². The number of carboxylic acids is 1. The van der Waals surface area contributed by atoms with Crippen molar-refractivity contribution in [2.75, 3.05) is 12.4 Å². The summed E-state index contributed by atoms with van der Waals surface area (Å²) in [6.45, 7) is 1.87. The lowest BCUT2D eigenvalue weighted by Crippen LogP contribution is -2.69. The Kier molecular flexibility index (Phi) is 5.62. The summed E-state index contributed by atoms with van der Waals surface area (Å²) in [4.78, 5) is 49.7. The predicted molar refractivity (Wildman–Crippen MR) is 146 cm³/mol. The number of carboxylic acid groups (broad SMARTS) is 1. The van der Waals surface area contributed by atoms with Crippen LogP contribution in [0.1, 0.15) is 32.6 Å². The van der Waals surface area contributed by atoms with E-state index in [1.54, 1.807) is 30.3 Å². The van der Waals surface area contributed by atoms with Gasteiger partial charge in [0.05, 0.1) is 5.56 Å². The Morgan fingerprint density at radius 3 is 2.66 bits per heavy atom. The van der Waals surface area contributed by atoms with Crippen LogP contribution in [0.3, 0.4) is 0 Å². The number of benzene rings is 3. The van der Waals surface area contributed by atoms with Gasteiger partial charge in [-0.1, -0.05) is 30.3 Å². The molecular weight excluding hydrogens is 548 g/mol. The molecule has 1 saturated heterocycles. The zero-order chi connectivity index (χ0) is 28.5. The van der Waals surface area contributed by atoms with Crippen molar-refractivity contribution in [2.24, 2.45) is 0 Å². The van der Waals surface area contributed by atoms with Gasteiger partial charge in [-0.15, -0.1) is 11.8 Å². The minimum Gasteiger partial charge on any atom is -0.489 e. The molecular formula is C30H22N2O8S. The zero-order valence-electron chi connectivity index (χ0n) is 21.6. The lowest BCUT2D eigenvalue weighted by Gasteiger charge is -2.49. The molecule has 11 heteroatoms. The third-order valence-electron chi connectivity index (χ3n) is 7.75. The van der Waals surface area contributed by atoms with Gasteiger partial charge in [0.2, 0.25) is 6.41 Å². The zero-order valence-corrected chi connectivity index (χ0v) is 22.4. The third-order valence-corrected chi connectivity index (χ3v) is 9.09. The Balaban J connectivity index is 1.24. The highest BCUT2D eigenvalue weighted by Crippen LogP contribution is 2.56. The van der Waals surface area contributed by atoms with Crippen molar-refractivity contribution in [2.45, 2.75) is 23.9 Å². The second-order valence-corrected chi connectivity index (χ2v) is 11.2. The first-order chi connectivity index (χ1) is 19.8. The van der Waals surface area contributed by atoms with E-state index in [-0.39, 0.29) is 12.3 Å². The number of amides is 2. The Morgan fingerprint density at radius 1 is 1.12 bits per heavy atom. The summed E-state index contributed by atoms with van der Waals surface area (Å²) >= 11 is 1.36. The first kappa shape index (κ1) is 25.2. The van der Waals surface area contributed by atoms with Gasteiger partial charge in [-0.3, -0.25) is 14.5 Å². The summed E-state index contributed by atoms with van der Waals surface area (Å²) in [6, 6.07) is 17.5. The Labute approximate surface area is 237 Å². The number of esters is 1. The maximum absolute atomic E-state index is 13.0. The average Bonchev–Trinajstić information content (AvgIpc) is 3.26. The molecule has 2 N–H and O–H groups in total. The van der Waals surface area contributed by atoms with Crippen molar-refractivity contribution < 1.29 is 38.5 Å². The van der Waals surface area contributed by atoms with Gasteiger partial charge >= 0.3 is 11.9 Å². The Hall–Kier alpha value is -4.77. The van der Waals surface area contributed by atoms with Crippen LogP contribution in [0.5, 0.6) is 17.2 Å². The van der Waals surface area contributed by atoms with Crippen molar-refractivity contribution in [3.05, 3.63) is 99.8 Å². The monoisotopic (exact) mass is 570 g/mol. The van der Waals surface area contributed by atoms with E-state index in [1.807, 2.05) is 37.3 Å². The van der Waals surface area contributed by atoms with E-state index in [4.69, 9.17) is 14.2 Å².